The molecule has 1 heterocycles. The summed E-state index contributed by atoms with van der Waals surface area (Å²) in [5, 5.41) is 19.3. The fourth-order valence-electron chi connectivity index (χ4n) is 2.09. The Kier molecular flexibility index (Phi) is 3.59. The van der Waals surface area contributed by atoms with E-state index in [-0.39, 0.29) is 0 Å². The summed E-state index contributed by atoms with van der Waals surface area (Å²) in [6, 6.07) is 0.609. The van der Waals surface area contributed by atoms with Crippen molar-refractivity contribution < 1.29 is 9.84 Å². The fraction of sp³-hybridized carbons (Fsp3) is 0.833. The van der Waals surface area contributed by atoms with Crippen LogP contribution in [-0.4, -0.2) is 45.4 Å². The summed E-state index contributed by atoms with van der Waals surface area (Å²) in [7, 11) is 1.60. The largest absolute Gasteiger partial charge is 0.390 e. The van der Waals surface area contributed by atoms with E-state index in [9.17, 15) is 5.11 Å². The maximum Gasteiger partial charge on any atom is 0.191 e. The van der Waals surface area contributed by atoms with Crippen LogP contribution in [0.4, 0.5) is 0 Å². The van der Waals surface area contributed by atoms with E-state index >= 15 is 0 Å². The maximum absolute atomic E-state index is 9.68. The van der Waals surface area contributed by atoms with Crippen LogP contribution in [-0.2, 0) is 4.74 Å². The highest BCUT2D eigenvalue weighted by Gasteiger charge is 2.36. The third-order valence-corrected chi connectivity index (χ3v) is 4.40. The predicted octanol–water partition coefficient (Wildman–Crippen LogP) is 1.59. The van der Waals surface area contributed by atoms with Crippen molar-refractivity contribution in [3.63, 3.8) is 0 Å². The number of hydrogen-bond acceptors (Lipinski definition) is 5. The van der Waals surface area contributed by atoms with Gasteiger partial charge in [-0.15, -0.1) is 10.2 Å². The van der Waals surface area contributed by atoms with E-state index in [2.05, 4.69) is 14.8 Å². The van der Waals surface area contributed by atoms with Crippen LogP contribution in [0.1, 0.15) is 43.5 Å². The third-order valence-electron chi connectivity index (χ3n) is 3.31. The van der Waals surface area contributed by atoms with Gasteiger partial charge in [0.25, 0.3) is 0 Å². The van der Waals surface area contributed by atoms with Crippen LogP contribution >= 0.6 is 11.8 Å². The molecule has 0 radical (unpaired) electrons. The highest BCUT2D eigenvalue weighted by Crippen LogP contribution is 2.45. The first kappa shape index (κ1) is 12.4. The molecule has 2 aliphatic rings. The van der Waals surface area contributed by atoms with Gasteiger partial charge in [-0.25, -0.2) is 0 Å². The van der Waals surface area contributed by atoms with Crippen molar-refractivity contribution in [2.45, 2.75) is 48.9 Å². The minimum atomic E-state index is -0.436. The number of nitrogens with zero attached hydrogens (tertiary/aromatic N) is 3. The smallest absolute Gasteiger partial charge is 0.191 e. The van der Waals surface area contributed by atoms with Crippen molar-refractivity contribution in [2.24, 2.45) is 0 Å². The predicted molar refractivity (Wildman–Crippen MR) is 68.9 cm³/mol. The Morgan fingerprint density at radius 2 is 2.17 bits per heavy atom. The lowest BCUT2D eigenvalue weighted by Gasteiger charge is -2.10. The molecule has 5 nitrogen and oxygen atoms in total. The molecule has 1 aromatic rings. The van der Waals surface area contributed by atoms with Gasteiger partial charge >= 0.3 is 0 Å². The normalized spacial score (nSPS) is 21.2. The van der Waals surface area contributed by atoms with E-state index in [0.717, 1.165) is 5.16 Å². The number of methoxy groups -OCH3 is 1. The molecular formula is C12H19N3O2S. The average Bonchev–Trinajstić information content (AvgIpc) is 3.25. The zero-order valence-corrected chi connectivity index (χ0v) is 11.4. The third kappa shape index (κ3) is 2.70. The molecule has 0 spiro atoms. The van der Waals surface area contributed by atoms with Crippen LogP contribution in [0.5, 0.6) is 0 Å². The molecule has 1 aromatic heterocycles. The molecule has 100 valence electrons. The van der Waals surface area contributed by atoms with E-state index in [1.54, 1.807) is 18.9 Å². The van der Waals surface area contributed by atoms with E-state index in [1.807, 2.05) is 0 Å². The molecule has 2 fully saturated rings. The van der Waals surface area contributed by atoms with Gasteiger partial charge in [-0.3, -0.25) is 0 Å². The van der Waals surface area contributed by atoms with Crippen molar-refractivity contribution in [1.29, 1.82) is 0 Å². The zero-order chi connectivity index (χ0) is 12.5. The molecule has 0 aliphatic heterocycles. The molecule has 2 aliphatic carbocycles. The lowest BCUT2D eigenvalue weighted by molar-refractivity contribution is 0.0793. The van der Waals surface area contributed by atoms with Crippen LogP contribution in [0, 0.1) is 0 Å². The topological polar surface area (TPSA) is 60.2 Å². The lowest BCUT2D eigenvalue weighted by atomic mass is 10.4. The van der Waals surface area contributed by atoms with Crippen LogP contribution in [0.25, 0.3) is 0 Å². The highest BCUT2D eigenvalue weighted by atomic mass is 32.2. The summed E-state index contributed by atoms with van der Waals surface area (Å²) in [5.74, 6) is 2.42. The van der Waals surface area contributed by atoms with Crippen LogP contribution in [0.2, 0.25) is 0 Å². The Hall–Kier alpha value is -0.590. The number of rotatable bonds is 7. The Bertz CT molecular complexity index is 415. The highest BCUT2D eigenvalue weighted by molar-refractivity contribution is 7.99. The SMILES string of the molecule is COCC(O)CSc1nnc(C2CC2)n1C1CC1. The van der Waals surface area contributed by atoms with E-state index in [1.165, 1.54) is 31.5 Å². The second kappa shape index (κ2) is 5.19. The molecule has 0 saturated heterocycles. The average molecular weight is 269 g/mol. The Labute approximate surface area is 111 Å². The second-order valence-corrected chi connectivity index (χ2v) is 6.12. The summed E-state index contributed by atoms with van der Waals surface area (Å²) < 4.78 is 7.24. The minimum Gasteiger partial charge on any atom is -0.390 e. The summed E-state index contributed by atoms with van der Waals surface area (Å²) in [4.78, 5) is 0. The van der Waals surface area contributed by atoms with Gasteiger partial charge < -0.3 is 14.4 Å². The zero-order valence-electron chi connectivity index (χ0n) is 10.6. The number of aliphatic hydroxyl groups is 1. The molecule has 1 N–H and O–H groups in total. The molecule has 0 bridgehead atoms. The van der Waals surface area contributed by atoms with Gasteiger partial charge in [0.1, 0.15) is 5.82 Å². The van der Waals surface area contributed by atoms with Gasteiger partial charge in [-0.1, -0.05) is 11.8 Å². The van der Waals surface area contributed by atoms with Gasteiger partial charge in [0.2, 0.25) is 0 Å². The van der Waals surface area contributed by atoms with Crippen molar-refractivity contribution in [2.75, 3.05) is 19.5 Å². The standard InChI is InChI=1S/C12H19N3O2S/c1-17-6-10(16)7-18-12-14-13-11(8-2-3-8)15(12)9-4-5-9/h8-10,16H,2-7H2,1H3. The Morgan fingerprint density at radius 1 is 1.39 bits per heavy atom. The first-order valence-electron chi connectivity index (χ1n) is 6.54. The van der Waals surface area contributed by atoms with Gasteiger partial charge in [0.15, 0.2) is 5.16 Å². The van der Waals surface area contributed by atoms with Crippen molar-refractivity contribution in [3.8, 4) is 0 Å². The summed E-state index contributed by atoms with van der Waals surface area (Å²) in [6.45, 7) is 0.375. The number of aliphatic hydroxyl groups excluding tert-OH is 1. The molecule has 18 heavy (non-hydrogen) atoms. The fourth-order valence-corrected chi connectivity index (χ4v) is 3.01. The Morgan fingerprint density at radius 3 is 2.78 bits per heavy atom. The molecule has 3 rings (SSSR count). The minimum absolute atomic E-state index is 0.375. The first-order chi connectivity index (χ1) is 8.79. The molecular weight excluding hydrogens is 250 g/mol. The number of hydrogen-bond donors (Lipinski definition) is 1. The molecule has 1 unspecified atom stereocenters. The van der Waals surface area contributed by atoms with Gasteiger partial charge in [0, 0.05) is 24.8 Å². The molecule has 6 heteroatoms. The maximum atomic E-state index is 9.68. The van der Waals surface area contributed by atoms with Crippen molar-refractivity contribution >= 4 is 11.8 Å². The van der Waals surface area contributed by atoms with Crippen molar-refractivity contribution in [1.82, 2.24) is 14.8 Å². The number of ether oxygens (including phenoxy) is 1. The Balaban J connectivity index is 1.67. The van der Waals surface area contributed by atoms with E-state index in [4.69, 9.17) is 4.74 Å². The molecule has 2 saturated carbocycles. The summed E-state index contributed by atoms with van der Waals surface area (Å²) >= 11 is 1.59. The molecule has 0 aromatic carbocycles. The number of thioether (sulfide) groups is 1. The summed E-state index contributed by atoms with van der Waals surface area (Å²) in [5.41, 5.74) is 0. The van der Waals surface area contributed by atoms with Crippen LogP contribution in [0.3, 0.4) is 0 Å². The molecule has 0 amide bonds. The van der Waals surface area contributed by atoms with E-state index < -0.39 is 6.10 Å². The number of aromatic nitrogens is 3. The monoisotopic (exact) mass is 269 g/mol. The lowest BCUT2D eigenvalue weighted by Crippen LogP contribution is -2.17. The van der Waals surface area contributed by atoms with E-state index in [0.29, 0.717) is 24.3 Å². The van der Waals surface area contributed by atoms with Gasteiger partial charge in [-0.2, -0.15) is 0 Å². The van der Waals surface area contributed by atoms with Gasteiger partial charge in [0.05, 0.1) is 12.7 Å². The molecule has 1 atom stereocenters. The quantitative estimate of drug-likeness (QED) is 0.762. The first-order valence-corrected chi connectivity index (χ1v) is 7.52. The van der Waals surface area contributed by atoms with Gasteiger partial charge in [-0.05, 0) is 25.7 Å². The second-order valence-electron chi connectivity index (χ2n) is 5.14. The summed E-state index contributed by atoms with van der Waals surface area (Å²) in [6.07, 6.45) is 4.55. The van der Waals surface area contributed by atoms with Crippen LogP contribution < -0.4 is 0 Å². The van der Waals surface area contributed by atoms with Crippen LogP contribution in [0.15, 0.2) is 5.16 Å². The van der Waals surface area contributed by atoms with Crippen molar-refractivity contribution in [3.05, 3.63) is 5.82 Å².